The lowest BCUT2D eigenvalue weighted by atomic mass is 10.0. The van der Waals surface area contributed by atoms with E-state index in [1.165, 1.54) is 16.8 Å². The number of morpholine rings is 1. The van der Waals surface area contributed by atoms with Crippen molar-refractivity contribution in [3.63, 3.8) is 0 Å². The van der Waals surface area contributed by atoms with E-state index in [2.05, 4.69) is 70.9 Å². The fourth-order valence-electron chi connectivity index (χ4n) is 4.39. The normalized spacial score (nSPS) is 17.3. The van der Waals surface area contributed by atoms with E-state index in [9.17, 15) is 0 Å². The van der Waals surface area contributed by atoms with E-state index in [1.54, 1.807) is 12.4 Å². The van der Waals surface area contributed by atoms with Gasteiger partial charge in [0.15, 0.2) is 0 Å². The highest BCUT2D eigenvalue weighted by atomic mass is 16.5. The van der Waals surface area contributed by atoms with Gasteiger partial charge >= 0.3 is 0 Å². The minimum Gasteiger partial charge on any atom is -0.378 e. The number of hydrogen-bond donors (Lipinski definition) is 1. The second-order valence-electron chi connectivity index (χ2n) is 8.92. The fraction of sp³-hybridized carbons (Fsp3) is 0.407. The number of rotatable bonds is 9. The summed E-state index contributed by atoms with van der Waals surface area (Å²) in [5.41, 5.74) is 8.75. The Morgan fingerprint density at radius 1 is 1.26 bits per heavy atom. The van der Waals surface area contributed by atoms with Gasteiger partial charge in [0.1, 0.15) is 5.82 Å². The largest absolute Gasteiger partial charge is 0.378 e. The molecule has 35 heavy (non-hydrogen) atoms. The van der Waals surface area contributed by atoms with Crippen molar-refractivity contribution in [3.05, 3.63) is 71.2 Å². The predicted octanol–water partition coefficient (Wildman–Crippen LogP) is 4.53. The molecule has 2 aliphatic heterocycles. The predicted molar refractivity (Wildman–Crippen MR) is 143 cm³/mol. The molecule has 1 N–H and O–H groups in total. The molecule has 1 atom stereocenters. The van der Waals surface area contributed by atoms with Crippen LogP contribution < -0.4 is 10.3 Å². The molecule has 0 spiro atoms. The summed E-state index contributed by atoms with van der Waals surface area (Å²) in [6.07, 6.45) is 8.31. The molecule has 2 aromatic rings. The monoisotopic (exact) mass is 473 g/mol. The van der Waals surface area contributed by atoms with E-state index in [-0.39, 0.29) is 0 Å². The quantitative estimate of drug-likeness (QED) is 0.426. The van der Waals surface area contributed by atoms with Crippen molar-refractivity contribution in [2.45, 2.75) is 40.3 Å². The molecule has 0 bridgehead atoms. The third-order valence-corrected chi connectivity index (χ3v) is 6.41. The summed E-state index contributed by atoms with van der Waals surface area (Å²) < 4.78 is 5.59. The molecule has 0 amide bonds. The molecule has 1 aromatic carbocycles. The van der Waals surface area contributed by atoms with E-state index >= 15 is 0 Å². The van der Waals surface area contributed by atoms with Crippen molar-refractivity contribution < 1.29 is 4.74 Å². The van der Waals surface area contributed by atoms with Crippen molar-refractivity contribution in [3.8, 4) is 0 Å². The first kappa shape index (κ1) is 24.6. The van der Waals surface area contributed by atoms with Crippen LogP contribution in [0.4, 0.5) is 11.8 Å². The van der Waals surface area contributed by atoms with Crippen LogP contribution in [0.15, 0.2) is 58.9 Å². The molecule has 184 valence electrons. The number of nitrogens with zero attached hydrogens (tertiary/aromatic N) is 6. The van der Waals surface area contributed by atoms with Crippen molar-refractivity contribution in [2.24, 2.45) is 16.0 Å². The summed E-state index contributed by atoms with van der Waals surface area (Å²) in [7, 11) is 0. The van der Waals surface area contributed by atoms with Crippen molar-refractivity contribution in [1.29, 1.82) is 0 Å². The molecule has 2 aliphatic rings. The summed E-state index contributed by atoms with van der Waals surface area (Å²) in [5.74, 6) is 1.88. The number of hydrogen-bond acceptors (Lipinski definition) is 8. The second kappa shape index (κ2) is 11.8. The van der Waals surface area contributed by atoms with Crippen molar-refractivity contribution in [2.75, 3.05) is 36.6 Å². The Labute approximate surface area is 208 Å². The van der Waals surface area contributed by atoms with E-state index in [1.807, 2.05) is 18.3 Å². The maximum atomic E-state index is 5.59. The smallest absolute Gasteiger partial charge is 0.245 e. The maximum Gasteiger partial charge on any atom is 0.245 e. The van der Waals surface area contributed by atoms with E-state index in [0.29, 0.717) is 25.1 Å². The molecular formula is C27H35N7O. The van der Waals surface area contributed by atoms with Gasteiger partial charge in [-0.25, -0.2) is 10.4 Å². The number of anilines is 2. The van der Waals surface area contributed by atoms with Crippen LogP contribution >= 0.6 is 0 Å². The molecule has 3 heterocycles. The van der Waals surface area contributed by atoms with Crippen LogP contribution in [0.25, 0.3) is 0 Å². The SMILES string of the molecule is C=C/N=C\C=C(/C(C)CC)N1Cc2nc(N/N=C/c3cccc(C)c3)nc(N3CCOCC3)c2C1. The number of benzene rings is 1. The van der Waals surface area contributed by atoms with Crippen LogP contribution in [0.2, 0.25) is 0 Å². The number of aliphatic imine (C=N–C) groups is 1. The lowest BCUT2D eigenvalue weighted by Crippen LogP contribution is -2.37. The highest BCUT2D eigenvalue weighted by Gasteiger charge is 2.30. The first-order chi connectivity index (χ1) is 17.1. The molecular weight excluding hydrogens is 438 g/mol. The van der Waals surface area contributed by atoms with E-state index in [0.717, 1.165) is 49.7 Å². The molecule has 1 unspecified atom stereocenters. The minimum absolute atomic E-state index is 0.400. The Balaban J connectivity index is 1.62. The standard InChI is InChI=1S/C27H35N7O/c1-5-21(4)25(10-11-28-6-2)34-18-23-24(19-34)30-27(31-26(23)33-12-14-35-15-13-33)32-29-17-22-9-7-8-20(3)16-22/h6-11,16-17,21H,2,5,12-15,18-19H2,1,3-4H3,(H,30,31,32)/b25-10+,28-11-,29-17+. The second-order valence-corrected chi connectivity index (χ2v) is 8.92. The Morgan fingerprint density at radius 2 is 2.09 bits per heavy atom. The van der Waals surface area contributed by atoms with Crippen LogP contribution in [-0.2, 0) is 17.8 Å². The first-order valence-electron chi connectivity index (χ1n) is 12.3. The highest BCUT2D eigenvalue weighted by Crippen LogP contribution is 2.35. The lowest BCUT2D eigenvalue weighted by molar-refractivity contribution is 0.122. The third kappa shape index (κ3) is 6.14. The van der Waals surface area contributed by atoms with E-state index < -0.39 is 0 Å². The van der Waals surface area contributed by atoms with Crippen LogP contribution in [0.3, 0.4) is 0 Å². The summed E-state index contributed by atoms with van der Waals surface area (Å²) in [5, 5.41) is 4.42. The number of nitrogens with one attached hydrogen (secondary N) is 1. The first-order valence-corrected chi connectivity index (χ1v) is 12.3. The van der Waals surface area contributed by atoms with Crippen LogP contribution in [0.1, 0.15) is 42.7 Å². The summed E-state index contributed by atoms with van der Waals surface area (Å²) >= 11 is 0. The Morgan fingerprint density at radius 3 is 2.83 bits per heavy atom. The molecule has 1 aromatic heterocycles. The molecule has 1 fully saturated rings. The summed E-state index contributed by atoms with van der Waals surface area (Å²) in [6.45, 7) is 14.7. The average molecular weight is 474 g/mol. The molecule has 8 heteroatoms. The van der Waals surface area contributed by atoms with Crippen LogP contribution in [-0.4, -0.2) is 53.6 Å². The maximum absolute atomic E-state index is 5.59. The van der Waals surface area contributed by atoms with Gasteiger partial charge in [-0.2, -0.15) is 10.1 Å². The number of ether oxygens (including phenoxy) is 1. The molecule has 0 radical (unpaired) electrons. The van der Waals surface area contributed by atoms with Gasteiger partial charge < -0.3 is 14.5 Å². The van der Waals surface area contributed by atoms with E-state index in [4.69, 9.17) is 14.7 Å². The van der Waals surface area contributed by atoms with Gasteiger partial charge in [0.2, 0.25) is 5.95 Å². The fourth-order valence-corrected chi connectivity index (χ4v) is 4.39. The zero-order valence-electron chi connectivity index (χ0n) is 20.9. The van der Waals surface area contributed by atoms with Gasteiger partial charge in [0.25, 0.3) is 0 Å². The van der Waals surface area contributed by atoms with Gasteiger partial charge in [-0.05, 0) is 30.9 Å². The molecule has 0 saturated carbocycles. The Kier molecular flexibility index (Phi) is 8.26. The lowest BCUT2D eigenvalue weighted by Gasteiger charge is -2.30. The Bertz CT molecular complexity index is 1120. The van der Waals surface area contributed by atoms with Gasteiger partial charge in [-0.1, -0.05) is 50.3 Å². The summed E-state index contributed by atoms with van der Waals surface area (Å²) in [4.78, 5) is 18.6. The number of fused-ring (bicyclic) bond motifs is 1. The van der Waals surface area contributed by atoms with Crippen LogP contribution in [0, 0.1) is 12.8 Å². The number of hydrazone groups is 1. The van der Waals surface area contributed by atoms with Gasteiger partial charge in [-0.15, -0.1) is 0 Å². The van der Waals surface area contributed by atoms with Crippen molar-refractivity contribution in [1.82, 2.24) is 14.9 Å². The third-order valence-electron chi connectivity index (χ3n) is 6.41. The number of aryl methyl sites for hydroxylation is 1. The average Bonchev–Trinajstić information content (AvgIpc) is 3.30. The summed E-state index contributed by atoms with van der Waals surface area (Å²) in [6, 6.07) is 8.21. The Hall–Kier alpha value is -3.52. The van der Waals surface area contributed by atoms with Crippen molar-refractivity contribution >= 4 is 24.2 Å². The number of aromatic nitrogens is 2. The van der Waals surface area contributed by atoms with Gasteiger partial charge in [0, 0.05) is 43.3 Å². The molecule has 8 nitrogen and oxygen atoms in total. The molecule has 4 rings (SSSR count). The number of allylic oxidation sites excluding steroid dienone is 2. The van der Waals surface area contributed by atoms with Crippen LogP contribution in [0.5, 0.6) is 0 Å². The van der Waals surface area contributed by atoms with Gasteiger partial charge in [-0.3, -0.25) is 4.99 Å². The topological polar surface area (TPSA) is 78.2 Å². The van der Waals surface area contributed by atoms with Gasteiger partial charge in [0.05, 0.1) is 31.7 Å². The molecule has 0 aliphatic carbocycles. The zero-order chi connectivity index (χ0) is 24.6. The minimum atomic E-state index is 0.400. The molecule has 1 saturated heterocycles. The highest BCUT2D eigenvalue weighted by molar-refractivity contribution is 5.80. The zero-order valence-corrected chi connectivity index (χ0v) is 20.9.